The van der Waals surface area contributed by atoms with E-state index in [1.165, 1.54) is 0 Å². The summed E-state index contributed by atoms with van der Waals surface area (Å²) in [5, 5.41) is 3.16. The van der Waals surface area contributed by atoms with Crippen molar-refractivity contribution in [1.29, 1.82) is 0 Å². The highest BCUT2D eigenvalue weighted by Crippen LogP contribution is 2.18. The first-order valence-corrected chi connectivity index (χ1v) is 7.47. The van der Waals surface area contributed by atoms with Gasteiger partial charge in [-0.25, -0.2) is 13.4 Å². The zero-order chi connectivity index (χ0) is 12.5. The van der Waals surface area contributed by atoms with Gasteiger partial charge in [0.25, 0.3) is 0 Å². The molecule has 0 radical (unpaired) electrons. The Morgan fingerprint density at radius 3 is 2.94 bits per heavy atom. The van der Waals surface area contributed by atoms with Crippen LogP contribution in [0.1, 0.15) is 18.4 Å². The van der Waals surface area contributed by atoms with Crippen molar-refractivity contribution in [1.82, 2.24) is 4.98 Å². The van der Waals surface area contributed by atoms with E-state index >= 15 is 0 Å². The molecule has 6 heteroatoms. The average Bonchev–Trinajstić information content (AvgIpc) is 2.22. The Bertz CT molecular complexity index is 513. The number of nitrogens with zero attached hydrogens (tertiary/aromatic N) is 1. The molecule has 0 amide bonds. The third-order valence-corrected chi connectivity index (χ3v) is 4.79. The average molecular weight is 255 g/mol. The number of rotatable bonds is 2. The van der Waals surface area contributed by atoms with Gasteiger partial charge in [-0.05, 0) is 31.4 Å². The van der Waals surface area contributed by atoms with E-state index in [9.17, 15) is 8.42 Å². The molecule has 1 aliphatic heterocycles. The van der Waals surface area contributed by atoms with Crippen LogP contribution in [-0.2, 0) is 9.84 Å². The summed E-state index contributed by atoms with van der Waals surface area (Å²) in [5.41, 5.74) is 7.27. The monoisotopic (exact) mass is 255 g/mol. The van der Waals surface area contributed by atoms with Crippen LogP contribution in [0.5, 0.6) is 0 Å². The molecule has 1 unspecified atom stereocenters. The summed E-state index contributed by atoms with van der Waals surface area (Å²) in [5.74, 6) is 1.19. The van der Waals surface area contributed by atoms with Gasteiger partial charge in [0.2, 0.25) is 0 Å². The minimum atomic E-state index is -2.89. The highest BCUT2D eigenvalue weighted by Gasteiger charge is 2.24. The van der Waals surface area contributed by atoms with Crippen LogP contribution < -0.4 is 11.1 Å². The summed E-state index contributed by atoms with van der Waals surface area (Å²) in [7, 11) is -2.89. The molecule has 1 aliphatic rings. The summed E-state index contributed by atoms with van der Waals surface area (Å²) in [6, 6.07) is 1.81. The van der Waals surface area contributed by atoms with Crippen molar-refractivity contribution in [2.75, 3.05) is 22.6 Å². The first kappa shape index (κ1) is 12.2. The smallest absolute Gasteiger partial charge is 0.152 e. The summed E-state index contributed by atoms with van der Waals surface area (Å²) >= 11 is 0. The highest BCUT2D eigenvalue weighted by atomic mass is 32.2. The van der Waals surface area contributed by atoms with E-state index in [1.54, 1.807) is 6.20 Å². The van der Waals surface area contributed by atoms with Crippen LogP contribution in [0.25, 0.3) is 0 Å². The van der Waals surface area contributed by atoms with Crippen LogP contribution in [-0.4, -0.2) is 30.9 Å². The first-order valence-electron chi connectivity index (χ1n) is 5.65. The van der Waals surface area contributed by atoms with Crippen molar-refractivity contribution in [2.24, 2.45) is 0 Å². The summed E-state index contributed by atoms with van der Waals surface area (Å²) < 4.78 is 23.0. The molecule has 94 valence electrons. The number of sulfone groups is 1. The van der Waals surface area contributed by atoms with Gasteiger partial charge in [-0.15, -0.1) is 0 Å². The Kier molecular flexibility index (Phi) is 3.24. The molecule has 2 heterocycles. The predicted octanol–water partition coefficient (Wildman–Crippen LogP) is 0.961. The maximum absolute atomic E-state index is 11.5. The number of pyridine rings is 1. The van der Waals surface area contributed by atoms with Crippen LogP contribution >= 0.6 is 0 Å². The van der Waals surface area contributed by atoms with E-state index in [4.69, 9.17) is 5.73 Å². The molecule has 1 aromatic rings. The largest absolute Gasteiger partial charge is 0.397 e. The summed E-state index contributed by atoms with van der Waals surface area (Å²) in [4.78, 5) is 4.15. The van der Waals surface area contributed by atoms with Gasteiger partial charge in [-0.1, -0.05) is 0 Å². The van der Waals surface area contributed by atoms with Gasteiger partial charge in [-0.3, -0.25) is 0 Å². The van der Waals surface area contributed by atoms with E-state index in [2.05, 4.69) is 10.3 Å². The minimum absolute atomic E-state index is 0.0377. The van der Waals surface area contributed by atoms with Crippen molar-refractivity contribution in [3.8, 4) is 0 Å². The predicted molar refractivity (Wildman–Crippen MR) is 68.7 cm³/mol. The van der Waals surface area contributed by atoms with Crippen LogP contribution in [0.2, 0.25) is 0 Å². The molecule has 5 nitrogen and oxygen atoms in total. The third kappa shape index (κ3) is 3.09. The fourth-order valence-electron chi connectivity index (χ4n) is 1.99. The molecular weight excluding hydrogens is 238 g/mol. The van der Waals surface area contributed by atoms with Crippen LogP contribution in [0.15, 0.2) is 12.3 Å². The van der Waals surface area contributed by atoms with Gasteiger partial charge in [0.05, 0.1) is 23.4 Å². The maximum Gasteiger partial charge on any atom is 0.152 e. The number of nitrogen functional groups attached to an aromatic ring is 1. The Morgan fingerprint density at radius 1 is 1.53 bits per heavy atom. The molecule has 1 saturated heterocycles. The number of nitrogens with two attached hydrogens (primary N) is 1. The fourth-order valence-corrected chi connectivity index (χ4v) is 3.63. The molecule has 0 aliphatic carbocycles. The normalized spacial score (nSPS) is 23.2. The standard InChI is InChI=1S/C11H17N3O2S/c1-8-5-11(13-6-10(8)12)14-9-3-2-4-17(15,16)7-9/h5-6,9H,2-4,7,12H2,1H3,(H,13,14). The number of hydrogen-bond donors (Lipinski definition) is 2. The second-order valence-electron chi connectivity index (χ2n) is 4.52. The van der Waals surface area contributed by atoms with Crippen molar-refractivity contribution in [3.05, 3.63) is 17.8 Å². The van der Waals surface area contributed by atoms with Crippen molar-refractivity contribution < 1.29 is 8.42 Å². The molecule has 3 N–H and O–H groups in total. The van der Waals surface area contributed by atoms with Crippen molar-refractivity contribution in [3.63, 3.8) is 0 Å². The minimum Gasteiger partial charge on any atom is -0.397 e. The SMILES string of the molecule is Cc1cc(NC2CCCS(=O)(=O)C2)ncc1N. The molecule has 1 fully saturated rings. The molecule has 1 atom stereocenters. The lowest BCUT2D eigenvalue weighted by molar-refractivity contribution is 0.561. The van der Waals surface area contributed by atoms with Crippen LogP contribution in [0.3, 0.4) is 0 Å². The lowest BCUT2D eigenvalue weighted by Gasteiger charge is -2.23. The van der Waals surface area contributed by atoms with Crippen molar-refractivity contribution >= 4 is 21.3 Å². The zero-order valence-corrected chi connectivity index (χ0v) is 10.6. The maximum atomic E-state index is 11.5. The van der Waals surface area contributed by atoms with Gasteiger partial charge in [0.1, 0.15) is 5.82 Å². The van der Waals surface area contributed by atoms with Gasteiger partial charge >= 0.3 is 0 Å². The van der Waals surface area contributed by atoms with Gasteiger partial charge in [0, 0.05) is 6.04 Å². The van der Waals surface area contributed by atoms with Gasteiger partial charge < -0.3 is 11.1 Å². The van der Waals surface area contributed by atoms with Crippen molar-refractivity contribution in [2.45, 2.75) is 25.8 Å². The van der Waals surface area contributed by atoms with E-state index < -0.39 is 9.84 Å². The number of anilines is 2. The number of aromatic nitrogens is 1. The molecule has 0 saturated carbocycles. The highest BCUT2D eigenvalue weighted by molar-refractivity contribution is 7.91. The van der Waals surface area contributed by atoms with Gasteiger partial charge in [-0.2, -0.15) is 0 Å². The van der Waals surface area contributed by atoms with Crippen LogP contribution in [0.4, 0.5) is 11.5 Å². The summed E-state index contributed by atoms with van der Waals surface area (Å²) in [6.07, 6.45) is 3.17. The van der Waals surface area contributed by atoms with E-state index in [0.29, 0.717) is 23.7 Å². The Balaban J connectivity index is 2.08. The zero-order valence-electron chi connectivity index (χ0n) is 9.81. The van der Waals surface area contributed by atoms with E-state index in [-0.39, 0.29) is 11.8 Å². The Labute approximate surface area is 101 Å². The Hall–Kier alpha value is -1.30. The number of nitrogens with one attached hydrogen (secondary N) is 1. The molecule has 1 aromatic heterocycles. The molecular formula is C11H17N3O2S. The molecule has 2 rings (SSSR count). The second kappa shape index (κ2) is 4.52. The van der Waals surface area contributed by atoms with Crippen LogP contribution in [0, 0.1) is 6.92 Å². The second-order valence-corrected chi connectivity index (χ2v) is 6.75. The Morgan fingerprint density at radius 2 is 2.29 bits per heavy atom. The molecule has 0 spiro atoms. The molecule has 0 aromatic carbocycles. The third-order valence-electron chi connectivity index (χ3n) is 2.97. The number of aryl methyl sites for hydroxylation is 1. The molecule has 0 bridgehead atoms. The summed E-state index contributed by atoms with van der Waals surface area (Å²) in [6.45, 7) is 1.90. The topological polar surface area (TPSA) is 85.1 Å². The lowest BCUT2D eigenvalue weighted by atomic mass is 10.2. The first-order chi connectivity index (χ1) is 7.96. The van der Waals surface area contributed by atoms with E-state index in [0.717, 1.165) is 12.0 Å². The van der Waals surface area contributed by atoms with E-state index in [1.807, 2.05) is 13.0 Å². The quantitative estimate of drug-likeness (QED) is 0.822. The van der Waals surface area contributed by atoms with Gasteiger partial charge in [0.15, 0.2) is 9.84 Å². The lowest BCUT2D eigenvalue weighted by Crippen LogP contribution is -2.35. The molecule has 17 heavy (non-hydrogen) atoms. The fraction of sp³-hybridized carbons (Fsp3) is 0.545. The number of hydrogen-bond acceptors (Lipinski definition) is 5.